The van der Waals surface area contributed by atoms with E-state index in [1.54, 1.807) is 12.3 Å². The second-order valence-electron chi connectivity index (χ2n) is 4.50. The number of para-hydroxylation sites is 1. The average molecular weight is 278 g/mol. The SMILES string of the molecule is CC(C)Oc1ccccc1C(O)c1ccncc1Cl. The molecular weight excluding hydrogens is 262 g/mol. The van der Waals surface area contributed by atoms with E-state index in [1.165, 1.54) is 6.20 Å². The maximum Gasteiger partial charge on any atom is 0.125 e. The minimum atomic E-state index is -0.828. The van der Waals surface area contributed by atoms with Crippen molar-refractivity contribution in [1.29, 1.82) is 0 Å². The molecule has 3 nitrogen and oxygen atoms in total. The van der Waals surface area contributed by atoms with Crippen molar-refractivity contribution < 1.29 is 9.84 Å². The van der Waals surface area contributed by atoms with Crippen molar-refractivity contribution in [2.45, 2.75) is 26.1 Å². The Kier molecular flexibility index (Phi) is 4.40. The Bertz CT molecular complexity index is 557. The molecule has 19 heavy (non-hydrogen) atoms. The van der Waals surface area contributed by atoms with Crippen molar-refractivity contribution >= 4 is 11.6 Å². The molecule has 0 aliphatic carbocycles. The maximum atomic E-state index is 10.5. The Hall–Kier alpha value is -1.58. The first-order chi connectivity index (χ1) is 9.09. The van der Waals surface area contributed by atoms with Crippen molar-refractivity contribution in [3.05, 3.63) is 58.9 Å². The zero-order chi connectivity index (χ0) is 13.8. The summed E-state index contributed by atoms with van der Waals surface area (Å²) in [5.74, 6) is 0.665. The number of ether oxygens (including phenoxy) is 1. The lowest BCUT2D eigenvalue weighted by atomic mass is 10.0. The van der Waals surface area contributed by atoms with Crippen LogP contribution in [0.15, 0.2) is 42.7 Å². The zero-order valence-electron chi connectivity index (χ0n) is 10.9. The molecule has 0 aliphatic rings. The molecule has 0 aliphatic heterocycles. The van der Waals surface area contributed by atoms with Crippen LogP contribution in [-0.2, 0) is 0 Å². The minimum Gasteiger partial charge on any atom is -0.491 e. The summed E-state index contributed by atoms with van der Waals surface area (Å²) in [6.45, 7) is 3.89. The Morgan fingerprint density at radius 3 is 2.58 bits per heavy atom. The van der Waals surface area contributed by atoms with E-state index < -0.39 is 6.10 Å². The van der Waals surface area contributed by atoms with Crippen molar-refractivity contribution in [2.75, 3.05) is 0 Å². The van der Waals surface area contributed by atoms with Gasteiger partial charge < -0.3 is 9.84 Å². The summed E-state index contributed by atoms with van der Waals surface area (Å²) in [5, 5.41) is 10.9. The van der Waals surface area contributed by atoms with Gasteiger partial charge in [-0.15, -0.1) is 0 Å². The van der Waals surface area contributed by atoms with Gasteiger partial charge in [0, 0.05) is 23.5 Å². The standard InChI is InChI=1S/C15H16ClNO2/c1-10(2)19-14-6-4-3-5-12(14)15(18)11-7-8-17-9-13(11)16/h3-10,15,18H,1-2H3. The fourth-order valence-corrected chi connectivity index (χ4v) is 2.07. The van der Waals surface area contributed by atoms with Gasteiger partial charge in [0.05, 0.1) is 11.1 Å². The quantitative estimate of drug-likeness (QED) is 0.928. The fourth-order valence-electron chi connectivity index (χ4n) is 1.84. The van der Waals surface area contributed by atoms with Crippen LogP contribution >= 0.6 is 11.6 Å². The number of hydrogen-bond donors (Lipinski definition) is 1. The van der Waals surface area contributed by atoms with Gasteiger partial charge in [0.25, 0.3) is 0 Å². The van der Waals surface area contributed by atoms with Crippen LogP contribution in [0.5, 0.6) is 5.75 Å². The zero-order valence-corrected chi connectivity index (χ0v) is 11.6. The minimum absolute atomic E-state index is 0.0428. The molecule has 1 atom stereocenters. The van der Waals surface area contributed by atoms with Crippen molar-refractivity contribution in [2.24, 2.45) is 0 Å². The van der Waals surface area contributed by atoms with Crippen molar-refractivity contribution in [1.82, 2.24) is 4.98 Å². The predicted octanol–water partition coefficient (Wildman–Crippen LogP) is 3.60. The van der Waals surface area contributed by atoms with E-state index in [9.17, 15) is 5.11 Å². The number of benzene rings is 1. The third kappa shape index (κ3) is 3.25. The highest BCUT2D eigenvalue weighted by atomic mass is 35.5. The molecule has 0 spiro atoms. The highest BCUT2D eigenvalue weighted by molar-refractivity contribution is 6.31. The third-order valence-electron chi connectivity index (χ3n) is 2.67. The van der Waals surface area contributed by atoms with E-state index in [2.05, 4.69) is 4.98 Å². The Morgan fingerprint density at radius 2 is 1.89 bits per heavy atom. The van der Waals surface area contributed by atoms with E-state index in [0.717, 1.165) is 0 Å². The summed E-state index contributed by atoms with van der Waals surface area (Å²) in [6.07, 6.45) is 2.34. The Labute approximate surface area is 117 Å². The van der Waals surface area contributed by atoms with E-state index in [-0.39, 0.29) is 6.10 Å². The maximum absolute atomic E-state index is 10.5. The first-order valence-electron chi connectivity index (χ1n) is 6.12. The van der Waals surface area contributed by atoms with Gasteiger partial charge in [-0.2, -0.15) is 0 Å². The fraction of sp³-hybridized carbons (Fsp3) is 0.267. The number of hydrogen-bond acceptors (Lipinski definition) is 3. The molecule has 100 valence electrons. The molecule has 1 N–H and O–H groups in total. The lowest BCUT2D eigenvalue weighted by Crippen LogP contribution is -2.10. The second-order valence-corrected chi connectivity index (χ2v) is 4.91. The first kappa shape index (κ1) is 13.8. The molecule has 0 amide bonds. The monoisotopic (exact) mass is 277 g/mol. The number of aliphatic hydroxyl groups is 1. The van der Waals surface area contributed by atoms with Crippen LogP contribution in [0.25, 0.3) is 0 Å². The molecule has 0 saturated heterocycles. The van der Waals surface area contributed by atoms with Gasteiger partial charge in [-0.05, 0) is 26.0 Å². The number of pyridine rings is 1. The molecule has 2 aromatic rings. The summed E-state index contributed by atoms with van der Waals surface area (Å²) < 4.78 is 5.71. The predicted molar refractivity (Wildman–Crippen MR) is 75.5 cm³/mol. The Balaban J connectivity index is 2.39. The summed E-state index contributed by atoms with van der Waals surface area (Å²) in [5.41, 5.74) is 1.32. The number of rotatable bonds is 4. The molecule has 1 aromatic carbocycles. The van der Waals surface area contributed by atoms with E-state index in [4.69, 9.17) is 16.3 Å². The van der Waals surface area contributed by atoms with Crippen LogP contribution in [0.2, 0.25) is 5.02 Å². The van der Waals surface area contributed by atoms with Crippen molar-refractivity contribution in [3.63, 3.8) is 0 Å². The van der Waals surface area contributed by atoms with Gasteiger partial charge in [-0.3, -0.25) is 4.98 Å². The van der Waals surface area contributed by atoms with E-state index in [0.29, 0.717) is 21.9 Å². The lowest BCUT2D eigenvalue weighted by molar-refractivity contribution is 0.198. The van der Waals surface area contributed by atoms with Gasteiger partial charge in [-0.1, -0.05) is 29.8 Å². The average Bonchev–Trinajstić information content (AvgIpc) is 2.38. The molecule has 0 bridgehead atoms. The number of aromatic nitrogens is 1. The second kappa shape index (κ2) is 6.04. The van der Waals surface area contributed by atoms with Gasteiger partial charge in [0.2, 0.25) is 0 Å². The van der Waals surface area contributed by atoms with Crippen LogP contribution in [-0.4, -0.2) is 16.2 Å². The molecule has 1 aromatic heterocycles. The van der Waals surface area contributed by atoms with E-state index >= 15 is 0 Å². The molecular formula is C15H16ClNO2. The largest absolute Gasteiger partial charge is 0.491 e. The molecule has 0 radical (unpaired) electrons. The highest BCUT2D eigenvalue weighted by Gasteiger charge is 2.18. The molecule has 4 heteroatoms. The van der Waals surface area contributed by atoms with Crippen LogP contribution in [0.1, 0.15) is 31.1 Å². The Morgan fingerprint density at radius 1 is 1.16 bits per heavy atom. The van der Waals surface area contributed by atoms with Gasteiger partial charge >= 0.3 is 0 Å². The molecule has 1 heterocycles. The molecule has 1 unspecified atom stereocenters. The topological polar surface area (TPSA) is 42.4 Å². The van der Waals surface area contributed by atoms with Crippen LogP contribution < -0.4 is 4.74 Å². The third-order valence-corrected chi connectivity index (χ3v) is 2.99. The molecule has 0 saturated carbocycles. The summed E-state index contributed by atoms with van der Waals surface area (Å²) >= 11 is 6.06. The molecule has 0 fully saturated rings. The van der Waals surface area contributed by atoms with Crippen LogP contribution in [0.4, 0.5) is 0 Å². The van der Waals surface area contributed by atoms with Gasteiger partial charge in [0.15, 0.2) is 0 Å². The number of nitrogens with zero attached hydrogens (tertiary/aromatic N) is 1. The van der Waals surface area contributed by atoms with Crippen molar-refractivity contribution in [3.8, 4) is 5.75 Å². The molecule has 2 rings (SSSR count). The first-order valence-corrected chi connectivity index (χ1v) is 6.50. The number of aliphatic hydroxyl groups excluding tert-OH is 1. The summed E-state index contributed by atoms with van der Waals surface area (Å²) in [6, 6.07) is 9.12. The van der Waals surface area contributed by atoms with E-state index in [1.807, 2.05) is 38.1 Å². The van der Waals surface area contributed by atoms with Crippen LogP contribution in [0.3, 0.4) is 0 Å². The van der Waals surface area contributed by atoms with Gasteiger partial charge in [-0.25, -0.2) is 0 Å². The normalized spacial score (nSPS) is 12.5. The summed E-state index contributed by atoms with van der Waals surface area (Å²) in [4.78, 5) is 3.92. The highest BCUT2D eigenvalue weighted by Crippen LogP contribution is 2.33. The van der Waals surface area contributed by atoms with Gasteiger partial charge in [0.1, 0.15) is 11.9 Å². The van der Waals surface area contributed by atoms with Crippen LogP contribution in [0, 0.1) is 0 Å². The lowest BCUT2D eigenvalue weighted by Gasteiger charge is -2.18. The summed E-state index contributed by atoms with van der Waals surface area (Å²) in [7, 11) is 0. The smallest absolute Gasteiger partial charge is 0.125 e. The number of halogens is 1.